The van der Waals surface area contributed by atoms with Crippen LogP contribution in [0.2, 0.25) is 0 Å². The highest BCUT2D eigenvalue weighted by atomic mass is 15.1. The van der Waals surface area contributed by atoms with Gasteiger partial charge in [0.15, 0.2) is 0 Å². The van der Waals surface area contributed by atoms with Gasteiger partial charge < -0.3 is 9.47 Å². The van der Waals surface area contributed by atoms with Gasteiger partial charge >= 0.3 is 0 Å². The first-order valence-corrected chi connectivity index (χ1v) is 19.2. The second kappa shape index (κ2) is 14.4. The van der Waals surface area contributed by atoms with Crippen molar-refractivity contribution in [2.75, 3.05) is 4.90 Å². The summed E-state index contributed by atoms with van der Waals surface area (Å²) in [6.45, 7) is 0. The number of benzene rings is 9. The van der Waals surface area contributed by atoms with Crippen LogP contribution in [0.3, 0.4) is 0 Å². The van der Waals surface area contributed by atoms with Crippen LogP contribution >= 0.6 is 0 Å². The molecule has 1 aromatic heterocycles. The molecule has 0 spiro atoms. The van der Waals surface area contributed by atoms with E-state index in [2.05, 4.69) is 240 Å². The lowest BCUT2D eigenvalue weighted by molar-refractivity contribution is 1.18. The van der Waals surface area contributed by atoms with Crippen molar-refractivity contribution >= 4 is 38.9 Å². The number of aromatic nitrogens is 1. The molecule has 0 amide bonds. The number of para-hydroxylation sites is 2. The summed E-state index contributed by atoms with van der Waals surface area (Å²) in [5, 5.41) is 2.54. The fourth-order valence-corrected chi connectivity index (χ4v) is 8.04. The number of fused-ring (bicyclic) bond motifs is 3. The lowest BCUT2D eigenvalue weighted by Gasteiger charge is -2.26. The van der Waals surface area contributed by atoms with E-state index in [0.717, 1.165) is 22.7 Å². The standard InChI is InChI=1S/C54H38N2/c1-3-14-39(15-4-1)41-28-32-47(33-29-41)55(49-22-12-20-45(37-49)40-16-5-2-6-17-40)48-34-30-42(31-35-48)43-18-11-19-44(36-43)46-21-13-23-50(38-46)56-53-26-9-7-24-51(53)52-25-8-10-27-54(52)56/h1-38H. The van der Waals surface area contributed by atoms with Gasteiger partial charge in [-0.25, -0.2) is 0 Å². The molecule has 0 N–H and O–H groups in total. The largest absolute Gasteiger partial charge is 0.310 e. The highest BCUT2D eigenvalue weighted by Gasteiger charge is 2.16. The maximum atomic E-state index is 2.38. The molecule has 1 heterocycles. The second-order valence-electron chi connectivity index (χ2n) is 14.2. The Morgan fingerprint density at radius 3 is 1.23 bits per heavy atom. The number of anilines is 3. The van der Waals surface area contributed by atoms with Crippen molar-refractivity contribution in [1.29, 1.82) is 0 Å². The third-order valence-corrected chi connectivity index (χ3v) is 10.8. The zero-order chi connectivity index (χ0) is 37.3. The highest BCUT2D eigenvalue weighted by molar-refractivity contribution is 6.09. The fourth-order valence-electron chi connectivity index (χ4n) is 8.04. The van der Waals surface area contributed by atoms with E-state index in [1.165, 1.54) is 66.3 Å². The maximum absolute atomic E-state index is 2.38. The highest BCUT2D eigenvalue weighted by Crippen LogP contribution is 2.39. The van der Waals surface area contributed by atoms with Gasteiger partial charge in [0.25, 0.3) is 0 Å². The van der Waals surface area contributed by atoms with Crippen LogP contribution in [0, 0.1) is 0 Å². The van der Waals surface area contributed by atoms with Crippen LogP contribution in [-0.4, -0.2) is 4.57 Å². The van der Waals surface area contributed by atoms with Gasteiger partial charge in [-0.3, -0.25) is 0 Å². The number of rotatable bonds is 8. The van der Waals surface area contributed by atoms with Gasteiger partial charge in [0.2, 0.25) is 0 Å². The van der Waals surface area contributed by atoms with Crippen molar-refractivity contribution in [1.82, 2.24) is 4.57 Å². The molecule has 0 radical (unpaired) electrons. The maximum Gasteiger partial charge on any atom is 0.0541 e. The zero-order valence-corrected chi connectivity index (χ0v) is 30.8. The third-order valence-electron chi connectivity index (χ3n) is 10.8. The molecule has 9 aromatic carbocycles. The molecule has 56 heavy (non-hydrogen) atoms. The first-order chi connectivity index (χ1) is 27.8. The van der Waals surface area contributed by atoms with Gasteiger partial charge in [0.05, 0.1) is 11.0 Å². The summed E-state index contributed by atoms with van der Waals surface area (Å²) in [5.41, 5.74) is 16.4. The lowest BCUT2D eigenvalue weighted by atomic mass is 9.98. The predicted molar refractivity (Wildman–Crippen MR) is 237 cm³/mol. The predicted octanol–water partition coefficient (Wildman–Crippen LogP) is 14.9. The Bertz CT molecular complexity index is 2890. The van der Waals surface area contributed by atoms with Crippen molar-refractivity contribution < 1.29 is 0 Å². The normalized spacial score (nSPS) is 11.2. The molecule has 0 aliphatic heterocycles. The molecule has 2 nitrogen and oxygen atoms in total. The topological polar surface area (TPSA) is 8.17 Å². The molecule has 0 saturated carbocycles. The molecule has 0 unspecified atom stereocenters. The molecule has 264 valence electrons. The average molecular weight is 715 g/mol. The molecular formula is C54H38N2. The molecule has 0 saturated heterocycles. The summed E-state index contributed by atoms with van der Waals surface area (Å²) in [6, 6.07) is 83.0. The minimum atomic E-state index is 1.10. The molecule has 2 heteroatoms. The minimum Gasteiger partial charge on any atom is -0.310 e. The molecule has 0 aliphatic carbocycles. The number of hydrogen-bond acceptors (Lipinski definition) is 1. The van der Waals surface area contributed by atoms with Crippen LogP contribution in [-0.2, 0) is 0 Å². The summed E-state index contributed by atoms with van der Waals surface area (Å²) in [6.07, 6.45) is 0. The van der Waals surface area contributed by atoms with E-state index in [-0.39, 0.29) is 0 Å². The van der Waals surface area contributed by atoms with Crippen LogP contribution in [0.25, 0.3) is 72.0 Å². The Hall–Kier alpha value is -7.42. The second-order valence-corrected chi connectivity index (χ2v) is 14.2. The first-order valence-electron chi connectivity index (χ1n) is 19.2. The monoisotopic (exact) mass is 714 g/mol. The van der Waals surface area contributed by atoms with Crippen LogP contribution in [0.1, 0.15) is 0 Å². The first kappa shape index (κ1) is 33.2. The summed E-state index contributed by atoms with van der Waals surface area (Å²) in [7, 11) is 0. The van der Waals surface area contributed by atoms with Gasteiger partial charge in [-0.05, 0) is 111 Å². The quantitative estimate of drug-likeness (QED) is 0.152. The molecule has 0 bridgehead atoms. The summed E-state index contributed by atoms with van der Waals surface area (Å²) < 4.78 is 2.38. The van der Waals surface area contributed by atoms with E-state index < -0.39 is 0 Å². The van der Waals surface area contributed by atoms with Crippen molar-refractivity contribution in [3.05, 3.63) is 231 Å². The van der Waals surface area contributed by atoms with Gasteiger partial charge in [-0.1, -0.05) is 164 Å². The fraction of sp³-hybridized carbons (Fsp3) is 0. The lowest BCUT2D eigenvalue weighted by Crippen LogP contribution is -2.10. The van der Waals surface area contributed by atoms with E-state index in [9.17, 15) is 0 Å². The SMILES string of the molecule is c1ccc(-c2ccc(N(c3ccc(-c4cccc(-c5cccc(-n6c7ccccc7c7ccccc76)c5)c4)cc3)c3cccc(-c4ccccc4)c3)cc2)cc1. The smallest absolute Gasteiger partial charge is 0.0541 e. The summed E-state index contributed by atoms with van der Waals surface area (Å²) >= 11 is 0. The van der Waals surface area contributed by atoms with Crippen LogP contribution < -0.4 is 4.90 Å². The summed E-state index contributed by atoms with van der Waals surface area (Å²) in [5.74, 6) is 0. The Morgan fingerprint density at radius 2 is 0.643 bits per heavy atom. The van der Waals surface area contributed by atoms with E-state index in [4.69, 9.17) is 0 Å². The van der Waals surface area contributed by atoms with Crippen LogP contribution in [0.15, 0.2) is 231 Å². The van der Waals surface area contributed by atoms with Crippen LogP contribution in [0.4, 0.5) is 17.1 Å². The van der Waals surface area contributed by atoms with Crippen LogP contribution in [0.5, 0.6) is 0 Å². The average Bonchev–Trinajstić information content (AvgIpc) is 3.62. The molecule has 0 fully saturated rings. The van der Waals surface area contributed by atoms with E-state index in [1.54, 1.807) is 0 Å². The summed E-state index contributed by atoms with van der Waals surface area (Å²) in [4.78, 5) is 2.35. The van der Waals surface area contributed by atoms with Gasteiger partial charge in [0, 0.05) is 33.5 Å². The Kier molecular flexibility index (Phi) is 8.55. The van der Waals surface area contributed by atoms with Crippen molar-refractivity contribution in [2.24, 2.45) is 0 Å². The number of nitrogens with zero attached hydrogens (tertiary/aromatic N) is 2. The molecule has 10 aromatic rings. The van der Waals surface area contributed by atoms with Crippen molar-refractivity contribution in [2.45, 2.75) is 0 Å². The van der Waals surface area contributed by atoms with E-state index >= 15 is 0 Å². The molecule has 0 atom stereocenters. The van der Waals surface area contributed by atoms with E-state index in [1.807, 2.05) is 0 Å². The Morgan fingerprint density at radius 1 is 0.250 bits per heavy atom. The van der Waals surface area contributed by atoms with Crippen molar-refractivity contribution in [3.8, 4) is 50.2 Å². The minimum absolute atomic E-state index is 1.10. The zero-order valence-electron chi connectivity index (χ0n) is 30.8. The molecule has 10 rings (SSSR count). The van der Waals surface area contributed by atoms with Gasteiger partial charge in [0.1, 0.15) is 0 Å². The molecular weight excluding hydrogens is 677 g/mol. The third kappa shape index (κ3) is 6.24. The Balaban J connectivity index is 1.00. The van der Waals surface area contributed by atoms with Gasteiger partial charge in [-0.2, -0.15) is 0 Å². The number of hydrogen-bond donors (Lipinski definition) is 0. The molecule has 0 aliphatic rings. The Labute approximate surface area is 327 Å². The van der Waals surface area contributed by atoms with E-state index in [0.29, 0.717) is 0 Å². The van der Waals surface area contributed by atoms with Gasteiger partial charge in [-0.15, -0.1) is 0 Å². The van der Waals surface area contributed by atoms with Crippen molar-refractivity contribution in [3.63, 3.8) is 0 Å².